The molecule has 2 amide bonds. The molecule has 1 saturated heterocycles. The van der Waals surface area contributed by atoms with Crippen molar-refractivity contribution in [3.8, 4) is 0 Å². The minimum absolute atomic E-state index is 0.0513. The van der Waals surface area contributed by atoms with Crippen LogP contribution in [0.2, 0.25) is 0 Å². The zero-order chi connectivity index (χ0) is 23.6. The Morgan fingerprint density at radius 3 is 2.70 bits per heavy atom. The van der Waals surface area contributed by atoms with Gasteiger partial charge in [0.25, 0.3) is 5.91 Å². The van der Waals surface area contributed by atoms with Gasteiger partial charge in [-0.2, -0.15) is 0 Å². The third kappa shape index (κ3) is 5.68. The molecular weight excluding hydrogens is 420 g/mol. The minimum atomic E-state index is -0.669. The van der Waals surface area contributed by atoms with Crippen molar-refractivity contribution in [3.63, 3.8) is 0 Å². The van der Waals surface area contributed by atoms with Crippen LogP contribution in [0.1, 0.15) is 45.6 Å². The number of nitrogens with two attached hydrogens (primary N) is 1. The number of ether oxygens (including phenoxy) is 2. The van der Waals surface area contributed by atoms with Gasteiger partial charge in [0.1, 0.15) is 5.60 Å². The number of nitrogens with zero attached hydrogens (tertiary/aromatic N) is 3. The van der Waals surface area contributed by atoms with Crippen LogP contribution in [0.3, 0.4) is 0 Å². The van der Waals surface area contributed by atoms with Gasteiger partial charge >= 0.3 is 6.09 Å². The summed E-state index contributed by atoms with van der Waals surface area (Å²) in [7, 11) is 0. The number of hydrogen-bond acceptors (Lipinski definition) is 5. The molecule has 2 N–H and O–H groups in total. The molecule has 0 bridgehead atoms. The van der Waals surface area contributed by atoms with E-state index < -0.39 is 17.8 Å². The Labute approximate surface area is 195 Å². The van der Waals surface area contributed by atoms with E-state index in [1.54, 1.807) is 4.90 Å². The molecule has 33 heavy (non-hydrogen) atoms. The van der Waals surface area contributed by atoms with Gasteiger partial charge in [-0.1, -0.05) is 18.2 Å². The smallest absolute Gasteiger partial charge is 0.410 e. The molecule has 1 aliphatic heterocycles. The molecule has 2 aliphatic rings. The minimum Gasteiger partial charge on any atom is -0.444 e. The Bertz CT molecular complexity index is 992. The van der Waals surface area contributed by atoms with Crippen molar-refractivity contribution < 1.29 is 19.1 Å². The van der Waals surface area contributed by atoms with Crippen molar-refractivity contribution in [3.05, 3.63) is 36.0 Å². The third-order valence-corrected chi connectivity index (χ3v) is 6.08. The second-order valence-electron chi connectivity index (χ2n) is 9.99. The first-order chi connectivity index (χ1) is 15.8. The van der Waals surface area contributed by atoms with Gasteiger partial charge in [-0.25, -0.2) is 4.79 Å². The van der Waals surface area contributed by atoms with Gasteiger partial charge in [0.15, 0.2) is 6.10 Å². The van der Waals surface area contributed by atoms with Crippen LogP contribution in [0.4, 0.5) is 4.79 Å². The zero-order valence-corrected chi connectivity index (χ0v) is 20.0. The van der Waals surface area contributed by atoms with Crippen LogP contribution < -0.4 is 5.73 Å². The first kappa shape index (κ1) is 23.6. The van der Waals surface area contributed by atoms with E-state index in [4.69, 9.17) is 15.2 Å². The fraction of sp³-hybridized carbons (Fsp3) is 0.600. The van der Waals surface area contributed by atoms with Crippen molar-refractivity contribution in [1.29, 1.82) is 0 Å². The van der Waals surface area contributed by atoms with Crippen LogP contribution in [0, 0.1) is 0 Å². The summed E-state index contributed by atoms with van der Waals surface area (Å²) < 4.78 is 13.6. The average molecular weight is 457 g/mol. The topological polar surface area (TPSA) is 90.0 Å². The molecule has 1 aromatic heterocycles. The number of aromatic nitrogens is 1. The quantitative estimate of drug-likeness (QED) is 0.691. The molecule has 1 unspecified atom stereocenters. The van der Waals surface area contributed by atoms with Crippen LogP contribution in [0.5, 0.6) is 0 Å². The van der Waals surface area contributed by atoms with Crippen LogP contribution in [0.15, 0.2) is 30.5 Å². The summed E-state index contributed by atoms with van der Waals surface area (Å²) >= 11 is 0. The van der Waals surface area contributed by atoms with Crippen LogP contribution in [-0.4, -0.2) is 70.4 Å². The second kappa shape index (κ2) is 9.73. The van der Waals surface area contributed by atoms with Crippen molar-refractivity contribution in [2.24, 2.45) is 5.73 Å². The standard InChI is InChI=1S/C25H36N4O4/c1-25(2,3)33-24(31)28-13-14-32-22(17-28)23(30)29(19-9-10-19)16-18-15-27(12-6-11-26)21-8-5-4-7-20(18)21/h4-5,7-8,15,19,22H,6,9-14,16-17,26H2,1-3H3. The Hall–Kier alpha value is -2.58. The van der Waals surface area contributed by atoms with Crippen molar-refractivity contribution in [1.82, 2.24) is 14.4 Å². The highest BCUT2D eigenvalue weighted by molar-refractivity contribution is 5.86. The van der Waals surface area contributed by atoms with E-state index in [2.05, 4.69) is 22.9 Å². The number of hydrogen-bond donors (Lipinski definition) is 1. The number of amides is 2. The van der Waals surface area contributed by atoms with Gasteiger partial charge in [0, 0.05) is 42.8 Å². The summed E-state index contributed by atoms with van der Waals surface area (Å²) in [6.07, 6.45) is 3.99. The predicted molar refractivity (Wildman–Crippen MR) is 127 cm³/mol. The lowest BCUT2D eigenvalue weighted by molar-refractivity contribution is -0.150. The van der Waals surface area contributed by atoms with Crippen LogP contribution >= 0.6 is 0 Å². The summed E-state index contributed by atoms with van der Waals surface area (Å²) in [4.78, 5) is 29.6. The Morgan fingerprint density at radius 2 is 2.00 bits per heavy atom. The lowest BCUT2D eigenvalue weighted by Crippen LogP contribution is -2.53. The second-order valence-corrected chi connectivity index (χ2v) is 9.99. The van der Waals surface area contributed by atoms with E-state index in [9.17, 15) is 9.59 Å². The number of para-hydroxylation sites is 1. The maximum absolute atomic E-state index is 13.6. The van der Waals surface area contributed by atoms with Gasteiger partial charge in [0.05, 0.1) is 13.2 Å². The number of aryl methyl sites for hydroxylation is 1. The van der Waals surface area contributed by atoms with Crippen molar-refractivity contribution >= 4 is 22.9 Å². The normalized spacial score (nSPS) is 19.0. The molecular formula is C25H36N4O4. The van der Waals surface area contributed by atoms with E-state index >= 15 is 0 Å². The van der Waals surface area contributed by atoms with Gasteiger partial charge in [-0.05, 0) is 58.2 Å². The summed E-state index contributed by atoms with van der Waals surface area (Å²) in [6, 6.07) is 8.52. The molecule has 180 valence electrons. The van der Waals surface area contributed by atoms with Crippen LogP contribution in [-0.2, 0) is 27.4 Å². The fourth-order valence-electron chi connectivity index (χ4n) is 4.33. The summed E-state index contributed by atoms with van der Waals surface area (Å²) in [5.74, 6) is -0.0513. The van der Waals surface area contributed by atoms with Gasteiger partial charge in [-0.15, -0.1) is 0 Å². The zero-order valence-electron chi connectivity index (χ0n) is 20.0. The highest BCUT2D eigenvalue weighted by Crippen LogP contribution is 2.32. The molecule has 2 aromatic rings. The number of benzene rings is 1. The highest BCUT2D eigenvalue weighted by atomic mass is 16.6. The Kier molecular flexibility index (Phi) is 6.95. The molecule has 1 aromatic carbocycles. The predicted octanol–water partition coefficient (Wildman–Crippen LogP) is 3.12. The van der Waals surface area contributed by atoms with Crippen LogP contribution in [0.25, 0.3) is 10.9 Å². The van der Waals surface area contributed by atoms with E-state index in [-0.39, 0.29) is 18.5 Å². The molecule has 2 fully saturated rings. The summed E-state index contributed by atoms with van der Waals surface area (Å²) in [5.41, 5.74) is 7.44. The lowest BCUT2D eigenvalue weighted by Gasteiger charge is -2.35. The van der Waals surface area contributed by atoms with E-state index in [0.29, 0.717) is 26.2 Å². The molecule has 1 saturated carbocycles. The van der Waals surface area contributed by atoms with E-state index in [1.807, 2.05) is 37.8 Å². The largest absolute Gasteiger partial charge is 0.444 e. The molecule has 8 heteroatoms. The van der Waals surface area contributed by atoms with E-state index in [0.717, 1.165) is 42.3 Å². The van der Waals surface area contributed by atoms with Crippen molar-refractivity contribution in [2.75, 3.05) is 26.2 Å². The van der Waals surface area contributed by atoms with E-state index in [1.165, 1.54) is 0 Å². The fourth-order valence-corrected chi connectivity index (χ4v) is 4.33. The monoisotopic (exact) mass is 456 g/mol. The first-order valence-electron chi connectivity index (χ1n) is 11.9. The molecule has 8 nitrogen and oxygen atoms in total. The third-order valence-electron chi connectivity index (χ3n) is 6.08. The molecule has 1 atom stereocenters. The average Bonchev–Trinajstić information content (AvgIpc) is 3.57. The number of morpholine rings is 1. The van der Waals surface area contributed by atoms with Gasteiger partial charge in [0.2, 0.25) is 0 Å². The lowest BCUT2D eigenvalue weighted by atomic mass is 10.1. The molecule has 2 heterocycles. The summed E-state index contributed by atoms with van der Waals surface area (Å²) in [6.45, 7) is 8.52. The maximum Gasteiger partial charge on any atom is 0.410 e. The number of rotatable bonds is 7. The number of fused-ring (bicyclic) bond motifs is 1. The molecule has 0 radical (unpaired) electrons. The summed E-state index contributed by atoms with van der Waals surface area (Å²) in [5, 5.41) is 1.16. The van der Waals surface area contributed by atoms with Gasteiger partial charge in [-0.3, -0.25) is 4.79 Å². The first-order valence-corrected chi connectivity index (χ1v) is 11.9. The maximum atomic E-state index is 13.6. The molecule has 1 aliphatic carbocycles. The molecule has 0 spiro atoms. The van der Waals surface area contributed by atoms with Crippen molar-refractivity contribution in [2.45, 2.75) is 70.9 Å². The molecule has 4 rings (SSSR count). The number of carbonyl (C=O) groups is 2. The highest BCUT2D eigenvalue weighted by Gasteiger charge is 2.39. The number of carbonyl (C=O) groups excluding carboxylic acids is 2. The SMILES string of the molecule is CC(C)(C)OC(=O)N1CCOC(C(=O)N(Cc2cn(CCCN)c3ccccc23)C2CC2)C1. The Balaban J connectivity index is 1.50. The Morgan fingerprint density at radius 1 is 1.24 bits per heavy atom. The van der Waals surface area contributed by atoms with Gasteiger partial charge < -0.3 is 29.6 Å².